The van der Waals surface area contributed by atoms with Gasteiger partial charge in [-0.2, -0.15) is 0 Å². The number of nitrogens with zero attached hydrogens (tertiary/aromatic N) is 1. The third kappa shape index (κ3) is 1.42. The summed E-state index contributed by atoms with van der Waals surface area (Å²) in [6.07, 6.45) is 5.65. The van der Waals surface area contributed by atoms with Crippen LogP contribution in [0.15, 0.2) is 0 Å². The zero-order valence-electron chi connectivity index (χ0n) is 7.13. The number of piperidine rings is 1. The maximum absolute atomic E-state index is 5.66. The molecule has 2 saturated heterocycles. The van der Waals surface area contributed by atoms with Gasteiger partial charge in [0, 0.05) is 12.6 Å². The molecule has 0 aromatic carbocycles. The molecular formula is C9H18N2. The Labute approximate surface area is 68.7 Å². The first-order valence-electron chi connectivity index (χ1n) is 4.84. The molecule has 2 unspecified atom stereocenters. The maximum Gasteiger partial charge on any atom is 0.00989 e. The van der Waals surface area contributed by atoms with Crippen LogP contribution in [0.5, 0.6) is 0 Å². The highest BCUT2D eigenvalue weighted by Crippen LogP contribution is 2.29. The second-order valence-corrected chi connectivity index (χ2v) is 3.98. The number of nitrogens with two attached hydrogens (primary N) is 1. The molecule has 0 aromatic heterocycles. The lowest BCUT2D eigenvalue weighted by atomic mass is 10.00. The molecule has 2 aliphatic heterocycles. The second-order valence-electron chi connectivity index (χ2n) is 3.98. The molecule has 2 fully saturated rings. The fourth-order valence-electron chi connectivity index (χ4n) is 2.53. The van der Waals surface area contributed by atoms with Crippen molar-refractivity contribution in [2.45, 2.75) is 31.7 Å². The molecule has 11 heavy (non-hydrogen) atoms. The van der Waals surface area contributed by atoms with Crippen molar-refractivity contribution in [3.63, 3.8) is 0 Å². The normalized spacial score (nSPS) is 39.0. The molecule has 2 atom stereocenters. The first kappa shape index (κ1) is 7.56. The van der Waals surface area contributed by atoms with Crippen LogP contribution in [0.4, 0.5) is 0 Å². The lowest BCUT2D eigenvalue weighted by molar-refractivity contribution is 0.196. The van der Waals surface area contributed by atoms with Crippen molar-refractivity contribution in [2.75, 3.05) is 19.6 Å². The molecule has 64 valence electrons. The molecule has 2 aliphatic rings. The van der Waals surface area contributed by atoms with Gasteiger partial charge in [0.25, 0.3) is 0 Å². The Morgan fingerprint density at radius 2 is 2.27 bits per heavy atom. The predicted molar refractivity (Wildman–Crippen MR) is 46.4 cm³/mol. The molecule has 2 nitrogen and oxygen atoms in total. The van der Waals surface area contributed by atoms with Gasteiger partial charge in [0.15, 0.2) is 0 Å². The topological polar surface area (TPSA) is 29.3 Å². The van der Waals surface area contributed by atoms with Gasteiger partial charge in [-0.25, -0.2) is 0 Å². The zero-order chi connectivity index (χ0) is 7.68. The van der Waals surface area contributed by atoms with Gasteiger partial charge < -0.3 is 10.6 Å². The molecule has 2 N–H and O–H groups in total. The van der Waals surface area contributed by atoms with Crippen molar-refractivity contribution in [2.24, 2.45) is 11.7 Å². The Hall–Kier alpha value is -0.0800. The molecule has 0 saturated carbocycles. The molecule has 0 bridgehead atoms. The van der Waals surface area contributed by atoms with Gasteiger partial charge >= 0.3 is 0 Å². The fourth-order valence-corrected chi connectivity index (χ4v) is 2.53. The van der Waals surface area contributed by atoms with Gasteiger partial charge in [0.1, 0.15) is 0 Å². The second kappa shape index (κ2) is 3.11. The summed E-state index contributed by atoms with van der Waals surface area (Å²) in [5, 5.41) is 0. The minimum absolute atomic E-state index is 0.804. The van der Waals surface area contributed by atoms with E-state index < -0.39 is 0 Å². The van der Waals surface area contributed by atoms with Crippen LogP contribution in [0.1, 0.15) is 25.7 Å². The molecule has 0 spiro atoms. The van der Waals surface area contributed by atoms with Gasteiger partial charge in [-0.15, -0.1) is 0 Å². The molecule has 0 radical (unpaired) electrons. The lowest BCUT2D eigenvalue weighted by Crippen LogP contribution is -2.34. The number of hydrogen-bond donors (Lipinski definition) is 1. The SMILES string of the molecule is NCC1CC2CCCCN2C1. The summed E-state index contributed by atoms with van der Waals surface area (Å²) in [5.74, 6) is 0.804. The number of fused-ring (bicyclic) bond motifs is 1. The maximum atomic E-state index is 5.66. The molecule has 2 heteroatoms. The number of hydrogen-bond acceptors (Lipinski definition) is 2. The molecule has 2 heterocycles. The quantitative estimate of drug-likeness (QED) is 0.606. The van der Waals surface area contributed by atoms with Gasteiger partial charge in [-0.3, -0.25) is 0 Å². The molecule has 0 amide bonds. The van der Waals surface area contributed by atoms with Crippen molar-refractivity contribution in [3.8, 4) is 0 Å². The van der Waals surface area contributed by atoms with Crippen LogP contribution in [-0.4, -0.2) is 30.6 Å². The Balaban J connectivity index is 1.92. The molecule has 0 aliphatic carbocycles. The zero-order valence-corrected chi connectivity index (χ0v) is 7.13. The largest absolute Gasteiger partial charge is 0.330 e. The van der Waals surface area contributed by atoms with E-state index in [1.165, 1.54) is 38.8 Å². The average Bonchev–Trinajstić information content (AvgIpc) is 2.46. The third-order valence-electron chi connectivity index (χ3n) is 3.18. The minimum Gasteiger partial charge on any atom is -0.330 e. The smallest absolute Gasteiger partial charge is 0.00989 e. The summed E-state index contributed by atoms with van der Waals surface area (Å²) in [6, 6.07) is 0.900. The van der Waals surface area contributed by atoms with Crippen molar-refractivity contribution < 1.29 is 0 Å². The highest BCUT2D eigenvalue weighted by Gasteiger charge is 2.32. The summed E-state index contributed by atoms with van der Waals surface area (Å²) in [6.45, 7) is 3.51. The minimum atomic E-state index is 0.804. The Morgan fingerprint density at radius 3 is 3.00 bits per heavy atom. The van der Waals surface area contributed by atoms with Crippen LogP contribution in [0, 0.1) is 5.92 Å². The van der Waals surface area contributed by atoms with Crippen LogP contribution < -0.4 is 5.73 Å². The Kier molecular flexibility index (Phi) is 2.14. The predicted octanol–water partition coefficient (Wildman–Crippen LogP) is 0.820. The summed E-state index contributed by atoms with van der Waals surface area (Å²) in [7, 11) is 0. The average molecular weight is 154 g/mol. The summed E-state index contributed by atoms with van der Waals surface area (Å²) < 4.78 is 0. The van der Waals surface area contributed by atoms with Crippen LogP contribution in [0.3, 0.4) is 0 Å². The fraction of sp³-hybridized carbons (Fsp3) is 1.00. The summed E-state index contributed by atoms with van der Waals surface area (Å²) in [4.78, 5) is 2.64. The van der Waals surface area contributed by atoms with Gasteiger partial charge in [-0.05, 0) is 38.3 Å². The van der Waals surface area contributed by atoms with E-state index in [0.717, 1.165) is 18.5 Å². The van der Waals surface area contributed by atoms with Crippen LogP contribution in [0.2, 0.25) is 0 Å². The van der Waals surface area contributed by atoms with Gasteiger partial charge in [-0.1, -0.05) is 6.42 Å². The van der Waals surface area contributed by atoms with Crippen molar-refractivity contribution in [3.05, 3.63) is 0 Å². The molecule has 2 rings (SSSR count). The highest BCUT2D eigenvalue weighted by molar-refractivity contribution is 4.87. The first-order valence-corrected chi connectivity index (χ1v) is 4.84. The first-order chi connectivity index (χ1) is 5.40. The summed E-state index contributed by atoms with van der Waals surface area (Å²) >= 11 is 0. The van der Waals surface area contributed by atoms with Crippen molar-refractivity contribution in [1.82, 2.24) is 4.90 Å². The van der Waals surface area contributed by atoms with E-state index in [1.807, 2.05) is 0 Å². The molecular weight excluding hydrogens is 136 g/mol. The van der Waals surface area contributed by atoms with E-state index in [1.54, 1.807) is 0 Å². The highest BCUT2D eigenvalue weighted by atomic mass is 15.2. The molecule has 0 aromatic rings. The Morgan fingerprint density at radius 1 is 1.36 bits per heavy atom. The Bertz CT molecular complexity index is 122. The van der Waals surface area contributed by atoms with Crippen LogP contribution in [0.25, 0.3) is 0 Å². The monoisotopic (exact) mass is 154 g/mol. The van der Waals surface area contributed by atoms with E-state index in [2.05, 4.69) is 4.90 Å². The summed E-state index contributed by atoms with van der Waals surface area (Å²) in [5.41, 5.74) is 5.66. The van der Waals surface area contributed by atoms with Gasteiger partial charge in [0.2, 0.25) is 0 Å². The standard InChI is InChI=1S/C9H18N2/c10-6-8-5-9-3-1-2-4-11(9)7-8/h8-9H,1-7,10H2. The van der Waals surface area contributed by atoms with Crippen LogP contribution >= 0.6 is 0 Å². The van der Waals surface area contributed by atoms with Crippen molar-refractivity contribution >= 4 is 0 Å². The third-order valence-corrected chi connectivity index (χ3v) is 3.18. The van der Waals surface area contributed by atoms with Crippen molar-refractivity contribution in [1.29, 1.82) is 0 Å². The van der Waals surface area contributed by atoms with E-state index >= 15 is 0 Å². The van der Waals surface area contributed by atoms with E-state index in [0.29, 0.717) is 0 Å². The lowest BCUT2D eigenvalue weighted by Gasteiger charge is -2.28. The van der Waals surface area contributed by atoms with E-state index in [4.69, 9.17) is 5.73 Å². The van der Waals surface area contributed by atoms with E-state index in [-0.39, 0.29) is 0 Å². The number of rotatable bonds is 1. The van der Waals surface area contributed by atoms with Gasteiger partial charge in [0.05, 0.1) is 0 Å². The van der Waals surface area contributed by atoms with E-state index in [9.17, 15) is 0 Å². The van der Waals surface area contributed by atoms with Crippen LogP contribution in [-0.2, 0) is 0 Å².